The van der Waals surface area contributed by atoms with Crippen LogP contribution in [0.2, 0.25) is 0 Å². The Balaban J connectivity index is 1.32. The Labute approximate surface area is 249 Å². The summed E-state index contributed by atoms with van der Waals surface area (Å²) >= 11 is 0. The lowest BCUT2D eigenvalue weighted by Crippen LogP contribution is -2.46. The van der Waals surface area contributed by atoms with Crippen molar-refractivity contribution in [1.29, 1.82) is 0 Å². The molecule has 9 nitrogen and oxygen atoms in total. The molecule has 0 bridgehead atoms. The number of hydrogen-bond acceptors (Lipinski definition) is 6. The van der Waals surface area contributed by atoms with Gasteiger partial charge in [-0.1, -0.05) is 25.1 Å². The summed E-state index contributed by atoms with van der Waals surface area (Å²) in [6.07, 6.45) is 10.8. The second-order valence-electron chi connectivity index (χ2n) is 11.7. The van der Waals surface area contributed by atoms with Crippen molar-refractivity contribution in [2.75, 3.05) is 32.8 Å². The van der Waals surface area contributed by atoms with Gasteiger partial charge in [0, 0.05) is 31.9 Å². The second-order valence-corrected chi connectivity index (χ2v) is 11.7. The average Bonchev–Trinajstić information content (AvgIpc) is 3.02. The first-order valence-electron chi connectivity index (χ1n) is 15.6. The number of carbonyl (C=O) groups is 3. The topological polar surface area (TPSA) is 121 Å². The first-order valence-corrected chi connectivity index (χ1v) is 15.6. The summed E-state index contributed by atoms with van der Waals surface area (Å²) < 4.78 is 5.66. The fourth-order valence-corrected chi connectivity index (χ4v) is 5.89. The van der Waals surface area contributed by atoms with Gasteiger partial charge in [-0.3, -0.25) is 19.4 Å². The fraction of sp³-hybridized carbons (Fsp3) is 0.576. The highest BCUT2D eigenvalue weighted by molar-refractivity contribution is 5.82. The highest BCUT2D eigenvalue weighted by Gasteiger charge is 2.30. The van der Waals surface area contributed by atoms with Crippen molar-refractivity contribution in [1.82, 2.24) is 20.5 Å². The van der Waals surface area contributed by atoms with Gasteiger partial charge in [-0.25, -0.2) is 0 Å². The van der Waals surface area contributed by atoms with Gasteiger partial charge in [0.05, 0.1) is 25.0 Å². The van der Waals surface area contributed by atoms with Crippen LogP contribution in [-0.2, 0) is 27.2 Å². The number of aliphatic carboxylic acids is 1. The van der Waals surface area contributed by atoms with E-state index in [4.69, 9.17) is 4.74 Å². The maximum atomic E-state index is 13.3. The highest BCUT2D eigenvalue weighted by atomic mass is 16.5. The maximum Gasteiger partial charge on any atom is 0.305 e. The van der Waals surface area contributed by atoms with Crippen LogP contribution in [0.5, 0.6) is 5.75 Å². The first-order chi connectivity index (χ1) is 20.4. The number of aromatic nitrogens is 1. The number of amides is 2. The van der Waals surface area contributed by atoms with Crippen LogP contribution in [0.15, 0.2) is 42.7 Å². The third-order valence-corrected chi connectivity index (χ3v) is 8.38. The SMILES string of the molecule is CCCOc1ccc(CCc2cncc([C@H](CC(=O)O)NC(=O)[C@@H]3CCCN(C(=O)CCC4CCNCC4)C3)c2)cc1. The Kier molecular flexibility index (Phi) is 12.2. The molecule has 9 heteroatoms. The number of nitrogens with one attached hydrogen (secondary N) is 2. The van der Waals surface area contributed by atoms with Crippen LogP contribution in [-0.4, -0.2) is 65.6 Å². The number of benzene rings is 1. The molecule has 2 fully saturated rings. The summed E-state index contributed by atoms with van der Waals surface area (Å²) in [7, 11) is 0. The Hall–Kier alpha value is -3.46. The van der Waals surface area contributed by atoms with Crippen LogP contribution in [0.1, 0.15) is 81.0 Å². The molecule has 2 atom stereocenters. The van der Waals surface area contributed by atoms with E-state index >= 15 is 0 Å². The number of carboxylic acid groups (broad SMARTS) is 1. The zero-order valence-electron chi connectivity index (χ0n) is 24.9. The Bertz CT molecular complexity index is 1170. The molecule has 3 N–H and O–H groups in total. The molecular formula is C33H46N4O5. The molecule has 228 valence electrons. The Morgan fingerprint density at radius 2 is 1.86 bits per heavy atom. The molecule has 2 aliphatic heterocycles. The third-order valence-electron chi connectivity index (χ3n) is 8.38. The minimum atomic E-state index is -0.991. The van der Waals surface area contributed by atoms with Crippen molar-refractivity contribution < 1.29 is 24.2 Å². The van der Waals surface area contributed by atoms with E-state index in [9.17, 15) is 19.5 Å². The second kappa shape index (κ2) is 16.2. The molecule has 2 amide bonds. The predicted molar refractivity (Wildman–Crippen MR) is 161 cm³/mol. The number of aryl methyl sites for hydroxylation is 2. The van der Waals surface area contributed by atoms with Crippen molar-refractivity contribution in [2.24, 2.45) is 11.8 Å². The van der Waals surface area contributed by atoms with E-state index in [1.54, 1.807) is 12.4 Å². The van der Waals surface area contributed by atoms with Gasteiger partial charge in [0.15, 0.2) is 0 Å². The third kappa shape index (κ3) is 9.82. The lowest BCUT2D eigenvalue weighted by molar-refractivity contribution is -0.138. The molecule has 0 spiro atoms. The molecule has 42 heavy (non-hydrogen) atoms. The highest BCUT2D eigenvalue weighted by Crippen LogP contribution is 2.24. The monoisotopic (exact) mass is 578 g/mol. The molecule has 2 aliphatic rings. The van der Waals surface area contributed by atoms with Gasteiger partial charge >= 0.3 is 5.97 Å². The first kappa shape index (κ1) is 31.5. The minimum Gasteiger partial charge on any atom is -0.494 e. The van der Waals surface area contributed by atoms with E-state index in [1.165, 1.54) is 5.56 Å². The summed E-state index contributed by atoms with van der Waals surface area (Å²) in [5.74, 6) is 0.0268. The van der Waals surface area contributed by atoms with Crippen LogP contribution >= 0.6 is 0 Å². The summed E-state index contributed by atoms with van der Waals surface area (Å²) in [4.78, 5) is 44.2. The van der Waals surface area contributed by atoms with Crippen molar-refractivity contribution >= 4 is 17.8 Å². The van der Waals surface area contributed by atoms with E-state index in [-0.39, 0.29) is 24.2 Å². The van der Waals surface area contributed by atoms with Crippen molar-refractivity contribution in [3.63, 3.8) is 0 Å². The number of likely N-dealkylation sites (tertiary alicyclic amines) is 1. The zero-order valence-corrected chi connectivity index (χ0v) is 24.9. The average molecular weight is 579 g/mol. The molecule has 2 aromatic rings. The largest absolute Gasteiger partial charge is 0.494 e. The van der Waals surface area contributed by atoms with E-state index in [0.717, 1.165) is 69.3 Å². The van der Waals surface area contributed by atoms with Crippen LogP contribution in [0.3, 0.4) is 0 Å². The predicted octanol–water partition coefficient (Wildman–Crippen LogP) is 4.31. The van der Waals surface area contributed by atoms with E-state index in [1.807, 2.05) is 23.1 Å². The van der Waals surface area contributed by atoms with Crippen LogP contribution in [0.4, 0.5) is 0 Å². The van der Waals surface area contributed by atoms with Gasteiger partial charge in [-0.05, 0) is 99.2 Å². The van der Waals surface area contributed by atoms with Gasteiger partial charge in [0.1, 0.15) is 5.75 Å². The van der Waals surface area contributed by atoms with Gasteiger partial charge in [-0.15, -0.1) is 0 Å². The molecule has 0 saturated carbocycles. The van der Waals surface area contributed by atoms with E-state index in [0.29, 0.717) is 44.0 Å². The van der Waals surface area contributed by atoms with E-state index in [2.05, 4.69) is 34.7 Å². The lowest BCUT2D eigenvalue weighted by atomic mass is 9.92. The van der Waals surface area contributed by atoms with Crippen LogP contribution in [0.25, 0.3) is 0 Å². The standard InChI is InChI=1S/C33H46N4O5/c1-2-18-42-29-10-7-24(8-11-29)5-6-26-19-28(22-35-21-26)30(20-32(39)40)36-33(41)27-4-3-17-37(23-27)31(38)12-9-25-13-15-34-16-14-25/h7-8,10-11,19,21-22,25,27,30,34H,2-6,9,12-18,20,23H2,1H3,(H,36,41)(H,39,40)/t27-,30+/m1/s1. The molecule has 1 aromatic heterocycles. The maximum absolute atomic E-state index is 13.3. The van der Waals surface area contributed by atoms with Gasteiger partial charge in [-0.2, -0.15) is 0 Å². The summed E-state index contributed by atoms with van der Waals surface area (Å²) in [5.41, 5.74) is 2.83. The van der Waals surface area contributed by atoms with Gasteiger partial charge in [0.25, 0.3) is 0 Å². The number of carboxylic acids is 1. The summed E-state index contributed by atoms with van der Waals surface area (Å²) in [5, 5.41) is 16.0. The van der Waals surface area contributed by atoms with Gasteiger partial charge in [0.2, 0.25) is 11.8 Å². The van der Waals surface area contributed by atoms with Gasteiger partial charge < -0.3 is 25.4 Å². The smallest absolute Gasteiger partial charge is 0.305 e. The molecule has 3 heterocycles. The van der Waals surface area contributed by atoms with Crippen molar-refractivity contribution in [3.05, 3.63) is 59.4 Å². The van der Waals surface area contributed by atoms with E-state index < -0.39 is 12.0 Å². The number of piperidine rings is 2. The quantitative estimate of drug-likeness (QED) is 0.306. The van der Waals surface area contributed by atoms with Crippen LogP contribution in [0, 0.1) is 11.8 Å². The fourth-order valence-electron chi connectivity index (χ4n) is 5.89. The summed E-state index contributed by atoms with van der Waals surface area (Å²) in [6, 6.07) is 9.32. The lowest BCUT2D eigenvalue weighted by Gasteiger charge is -2.33. The summed E-state index contributed by atoms with van der Waals surface area (Å²) in [6.45, 7) is 5.87. The number of rotatable bonds is 14. The molecule has 1 aromatic carbocycles. The molecule has 4 rings (SSSR count). The minimum absolute atomic E-state index is 0.119. The molecule has 0 radical (unpaired) electrons. The number of pyridine rings is 1. The van der Waals surface area contributed by atoms with Crippen molar-refractivity contribution in [2.45, 2.75) is 77.2 Å². The molecule has 0 aliphatic carbocycles. The normalized spacial score (nSPS) is 18.3. The number of carbonyl (C=O) groups excluding carboxylic acids is 2. The Morgan fingerprint density at radius 1 is 1.10 bits per heavy atom. The number of nitrogens with zero attached hydrogens (tertiary/aromatic N) is 2. The molecule has 2 saturated heterocycles. The molecule has 0 unspecified atom stereocenters. The van der Waals surface area contributed by atoms with Crippen molar-refractivity contribution in [3.8, 4) is 5.75 Å². The van der Waals surface area contributed by atoms with Crippen LogP contribution < -0.4 is 15.4 Å². The molecular weight excluding hydrogens is 532 g/mol. The Morgan fingerprint density at radius 3 is 2.60 bits per heavy atom. The number of ether oxygens (including phenoxy) is 1. The number of hydrogen-bond donors (Lipinski definition) is 3. The zero-order chi connectivity index (χ0) is 29.7.